The molecule has 0 aliphatic carbocycles. The number of nitrogens with zero attached hydrogens (tertiary/aromatic N) is 1. The van der Waals surface area contributed by atoms with E-state index in [2.05, 4.69) is 22.3 Å². The molecule has 1 aliphatic rings. The average Bonchev–Trinajstić information content (AvgIpc) is 3.02. The summed E-state index contributed by atoms with van der Waals surface area (Å²) in [6.45, 7) is 2.57. The molecule has 1 heterocycles. The predicted molar refractivity (Wildman–Crippen MR) is 85.5 cm³/mol. The Bertz CT molecular complexity index is 645. The zero-order valence-electron chi connectivity index (χ0n) is 12.3. The highest BCUT2D eigenvalue weighted by atomic mass is 19.1. The first-order valence-electron chi connectivity index (χ1n) is 7.56. The lowest BCUT2D eigenvalue weighted by Crippen LogP contribution is -2.31. The molecule has 3 rings (SSSR count). The van der Waals surface area contributed by atoms with E-state index in [1.807, 2.05) is 18.2 Å². The van der Waals surface area contributed by atoms with Gasteiger partial charge in [-0.15, -0.1) is 0 Å². The molecule has 1 aliphatic heterocycles. The van der Waals surface area contributed by atoms with Gasteiger partial charge in [-0.05, 0) is 42.7 Å². The number of para-hydroxylation sites is 1. The number of rotatable bonds is 4. The van der Waals surface area contributed by atoms with Crippen LogP contribution in [0.5, 0.6) is 0 Å². The molecule has 1 N–H and O–H groups in total. The number of carbonyl (C=O) groups excluding carboxylic acids is 1. The van der Waals surface area contributed by atoms with Gasteiger partial charge in [-0.3, -0.25) is 4.79 Å². The quantitative estimate of drug-likeness (QED) is 0.941. The molecule has 114 valence electrons. The van der Waals surface area contributed by atoms with Gasteiger partial charge in [-0.25, -0.2) is 4.39 Å². The fraction of sp³-hybridized carbons (Fsp3) is 0.278. The first kappa shape index (κ1) is 14.6. The van der Waals surface area contributed by atoms with Crippen molar-refractivity contribution in [1.29, 1.82) is 0 Å². The Kier molecular flexibility index (Phi) is 4.37. The van der Waals surface area contributed by atoms with Crippen LogP contribution in [0.1, 0.15) is 16.8 Å². The van der Waals surface area contributed by atoms with Crippen molar-refractivity contribution in [1.82, 2.24) is 5.32 Å². The minimum absolute atomic E-state index is 0.210. The Labute approximate surface area is 129 Å². The molecule has 1 fully saturated rings. The number of hydrogen-bond donors (Lipinski definition) is 1. The lowest BCUT2D eigenvalue weighted by atomic mass is 10.1. The fourth-order valence-corrected chi connectivity index (χ4v) is 2.84. The molecule has 2 aromatic carbocycles. The SMILES string of the molecule is O=C(NCC1CCN(c2ccccc2)C1)c1cccc(F)c1. The molecule has 0 aromatic heterocycles. The summed E-state index contributed by atoms with van der Waals surface area (Å²) in [4.78, 5) is 14.3. The van der Waals surface area contributed by atoms with Crippen LogP contribution in [-0.4, -0.2) is 25.5 Å². The third-order valence-corrected chi connectivity index (χ3v) is 4.05. The maximum atomic E-state index is 13.1. The first-order chi connectivity index (χ1) is 10.7. The second-order valence-electron chi connectivity index (χ2n) is 5.66. The van der Waals surface area contributed by atoms with Crippen molar-refractivity contribution in [2.45, 2.75) is 6.42 Å². The molecule has 1 atom stereocenters. The number of halogens is 1. The Morgan fingerprint density at radius 3 is 2.77 bits per heavy atom. The molecule has 22 heavy (non-hydrogen) atoms. The molecule has 0 bridgehead atoms. The van der Waals surface area contributed by atoms with E-state index in [1.165, 1.54) is 17.8 Å². The zero-order chi connectivity index (χ0) is 15.4. The van der Waals surface area contributed by atoms with Crippen LogP contribution >= 0.6 is 0 Å². The smallest absolute Gasteiger partial charge is 0.251 e. The van der Waals surface area contributed by atoms with Crippen molar-refractivity contribution >= 4 is 11.6 Å². The van der Waals surface area contributed by atoms with Gasteiger partial charge in [0.05, 0.1) is 0 Å². The molecule has 1 unspecified atom stereocenters. The number of anilines is 1. The van der Waals surface area contributed by atoms with Gasteiger partial charge < -0.3 is 10.2 Å². The number of nitrogens with one attached hydrogen (secondary N) is 1. The minimum atomic E-state index is -0.385. The Morgan fingerprint density at radius 1 is 1.18 bits per heavy atom. The van der Waals surface area contributed by atoms with Crippen molar-refractivity contribution in [3.8, 4) is 0 Å². The summed E-state index contributed by atoms with van der Waals surface area (Å²) in [6, 6.07) is 16.1. The second kappa shape index (κ2) is 6.60. The van der Waals surface area contributed by atoms with Crippen LogP contribution in [0.25, 0.3) is 0 Å². The topological polar surface area (TPSA) is 32.3 Å². The van der Waals surface area contributed by atoms with Gasteiger partial charge in [0.15, 0.2) is 0 Å². The first-order valence-corrected chi connectivity index (χ1v) is 7.56. The molecule has 0 radical (unpaired) electrons. The number of carbonyl (C=O) groups is 1. The molecule has 3 nitrogen and oxygen atoms in total. The van der Waals surface area contributed by atoms with Crippen LogP contribution in [0.4, 0.5) is 10.1 Å². The van der Waals surface area contributed by atoms with Crippen molar-refractivity contribution in [2.75, 3.05) is 24.5 Å². The van der Waals surface area contributed by atoms with Gasteiger partial charge in [-0.2, -0.15) is 0 Å². The number of amides is 1. The van der Waals surface area contributed by atoms with Crippen LogP contribution in [0, 0.1) is 11.7 Å². The van der Waals surface area contributed by atoms with E-state index in [0.29, 0.717) is 18.0 Å². The van der Waals surface area contributed by atoms with Gasteiger partial charge in [0.1, 0.15) is 5.82 Å². The monoisotopic (exact) mass is 298 g/mol. The maximum absolute atomic E-state index is 13.1. The van der Waals surface area contributed by atoms with E-state index in [1.54, 1.807) is 12.1 Å². The summed E-state index contributed by atoms with van der Waals surface area (Å²) in [5.41, 5.74) is 1.60. The van der Waals surface area contributed by atoms with Crippen molar-refractivity contribution in [3.05, 3.63) is 66.0 Å². The highest BCUT2D eigenvalue weighted by Crippen LogP contribution is 2.23. The molecule has 4 heteroatoms. The average molecular weight is 298 g/mol. The van der Waals surface area contributed by atoms with E-state index in [0.717, 1.165) is 19.5 Å². The lowest BCUT2D eigenvalue weighted by molar-refractivity contribution is 0.0948. The highest BCUT2D eigenvalue weighted by molar-refractivity contribution is 5.94. The summed E-state index contributed by atoms with van der Waals surface area (Å²) in [5, 5.41) is 2.91. The molecule has 1 amide bonds. The second-order valence-corrected chi connectivity index (χ2v) is 5.66. The summed E-state index contributed by atoms with van der Waals surface area (Å²) >= 11 is 0. The third-order valence-electron chi connectivity index (χ3n) is 4.05. The standard InChI is InChI=1S/C18H19FN2O/c19-16-6-4-5-15(11-16)18(22)20-12-14-9-10-21(13-14)17-7-2-1-3-8-17/h1-8,11,14H,9-10,12-13H2,(H,20,22). The molecule has 2 aromatic rings. The van der Waals surface area contributed by atoms with Crippen molar-refractivity contribution < 1.29 is 9.18 Å². The van der Waals surface area contributed by atoms with Gasteiger partial charge in [0.2, 0.25) is 0 Å². The Hall–Kier alpha value is -2.36. The van der Waals surface area contributed by atoms with Gasteiger partial charge in [0, 0.05) is 30.9 Å². The largest absolute Gasteiger partial charge is 0.371 e. The number of hydrogen-bond acceptors (Lipinski definition) is 2. The Balaban J connectivity index is 1.52. The van der Waals surface area contributed by atoms with Gasteiger partial charge >= 0.3 is 0 Å². The molecular formula is C18H19FN2O. The maximum Gasteiger partial charge on any atom is 0.251 e. The van der Waals surface area contributed by atoms with Crippen LogP contribution in [0.15, 0.2) is 54.6 Å². The summed E-state index contributed by atoms with van der Waals surface area (Å²) < 4.78 is 13.1. The summed E-state index contributed by atoms with van der Waals surface area (Å²) in [5.74, 6) is -0.167. The van der Waals surface area contributed by atoms with E-state index >= 15 is 0 Å². The van der Waals surface area contributed by atoms with E-state index in [4.69, 9.17) is 0 Å². The Morgan fingerprint density at radius 2 is 2.00 bits per heavy atom. The van der Waals surface area contributed by atoms with Crippen molar-refractivity contribution in [3.63, 3.8) is 0 Å². The molecule has 0 saturated carbocycles. The van der Waals surface area contributed by atoms with Crippen LogP contribution in [0.3, 0.4) is 0 Å². The van der Waals surface area contributed by atoms with Gasteiger partial charge in [-0.1, -0.05) is 24.3 Å². The lowest BCUT2D eigenvalue weighted by Gasteiger charge is -2.18. The van der Waals surface area contributed by atoms with E-state index < -0.39 is 0 Å². The number of benzene rings is 2. The summed E-state index contributed by atoms with van der Waals surface area (Å²) in [7, 11) is 0. The molecule has 0 spiro atoms. The van der Waals surface area contributed by atoms with Crippen molar-refractivity contribution in [2.24, 2.45) is 5.92 Å². The zero-order valence-corrected chi connectivity index (χ0v) is 12.3. The van der Waals surface area contributed by atoms with Crippen LogP contribution in [0.2, 0.25) is 0 Å². The minimum Gasteiger partial charge on any atom is -0.371 e. The third kappa shape index (κ3) is 3.45. The normalized spacial score (nSPS) is 17.5. The van der Waals surface area contributed by atoms with E-state index in [9.17, 15) is 9.18 Å². The molecular weight excluding hydrogens is 279 g/mol. The fourth-order valence-electron chi connectivity index (χ4n) is 2.84. The van der Waals surface area contributed by atoms with Gasteiger partial charge in [0.25, 0.3) is 5.91 Å². The van der Waals surface area contributed by atoms with Crippen LogP contribution in [-0.2, 0) is 0 Å². The molecule has 1 saturated heterocycles. The van der Waals surface area contributed by atoms with Crippen LogP contribution < -0.4 is 10.2 Å². The predicted octanol–water partition coefficient (Wildman–Crippen LogP) is 3.08. The summed E-state index contributed by atoms with van der Waals surface area (Å²) in [6.07, 6.45) is 1.05. The van der Waals surface area contributed by atoms with E-state index in [-0.39, 0.29) is 11.7 Å². The highest BCUT2D eigenvalue weighted by Gasteiger charge is 2.23.